The molecule has 6 nitrogen and oxygen atoms in total. The first kappa shape index (κ1) is 18.8. The number of nitrogens with one attached hydrogen (secondary N) is 1. The van der Waals surface area contributed by atoms with Gasteiger partial charge in [-0.05, 0) is 45.0 Å². The number of carbonyl (C=O) groups excluding carboxylic acids is 1. The molecule has 0 unspecified atom stereocenters. The lowest BCUT2D eigenvalue weighted by Gasteiger charge is -2.24. The predicted molar refractivity (Wildman–Crippen MR) is 107 cm³/mol. The van der Waals surface area contributed by atoms with Crippen LogP contribution in [0, 0.1) is 6.92 Å². The van der Waals surface area contributed by atoms with Crippen molar-refractivity contribution in [3.8, 4) is 0 Å². The summed E-state index contributed by atoms with van der Waals surface area (Å²) >= 11 is 3.09. The molecule has 26 heavy (non-hydrogen) atoms. The van der Waals surface area contributed by atoms with E-state index in [2.05, 4.69) is 51.8 Å². The molecule has 0 aliphatic carbocycles. The zero-order valence-electron chi connectivity index (χ0n) is 15.3. The standard InChI is InChI=1S/C18H22N4O2S2/c1-5-24-18(23)15-11(2)14-16(20-10-21-17(14)26-15)19-9-12(22(3)4)13-7-6-8-25-13/h6-8,10,12H,5,9H2,1-4H3,(H,19,20,21)/t12-/m1/s1. The van der Waals surface area contributed by atoms with Crippen molar-refractivity contribution in [3.63, 3.8) is 0 Å². The van der Waals surface area contributed by atoms with Crippen LogP contribution < -0.4 is 5.32 Å². The summed E-state index contributed by atoms with van der Waals surface area (Å²) in [4.78, 5) is 25.8. The van der Waals surface area contributed by atoms with Gasteiger partial charge in [0.15, 0.2) is 0 Å². The normalized spacial score (nSPS) is 12.5. The molecular formula is C18H22N4O2S2. The molecule has 0 amide bonds. The lowest BCUT2D eigenvalue weighted by molar-refractivity contribution is 0.0531. The fourth-order valence-corrected chi connectivity index (χ4v) is 4.77. The summed E-state index contributed by atoms with van der Waals surface area (Å²) in [5.41, 5.74) is 0.865. The first-order valence-corrected chi connectivity index (χ1v) is 10.1. The van der Waals surface area contributed by atoms with Gasteiger partial charge in [-0.2, -0.15) is 0 Å². The van der Waals surface area contributed by atoms with E-state index in [9.17, 15) is 4.79 Å². The number of thiophene rings is 2. The van der Waals surface area contributed by atoms with E-state index in [4.69, 9.17) is 4.74 Å². The number of hydrogen-bond donors (Lipinski definition) is 1. The fourth-order valence-electron chi connectivity index (χ4n) is 2.81. The van der Waals surface area contributed by atoms with Crippen LogP contribution in [0.5, 0.6) is 0 Å². The Morgan fingerprint density at radius 2 is 2.19 bits per heavy atom. The molecule has 3 aromatic heterocycles. The van der Waals surface area contributed by atoms with Crippen molar-refractivity contribution < 1.29 is 9.53 Å². The Morgan fingerprint density at radius 1 is 1.38 bits per heavy atom. The molecule has 0 aliphatic heterocycles. The fraction of sp³-hybridized carbons (Fsp3) is 0.389. The number of nitrogens with zero attached hydrogens (tertiary/aromatic N) is 3. The quantitative estimate of drug-likeness (QED) is 0.616. The van der Waals surface area contributed by atoms with E-state index >= 15 is 0 Å². The van der Waals surface area contributed by atoms with Crippen LogP contribution in [0.3, 0.4) is 0 Å². The SMILES string of the molecule is CCOC(=O)c1sc2ncnc(NC[C@H](c3cccs3)N(C)C)c2c1C. The maximum atomic E-state index is 12.2. The molecule has 1 atom stereocenters. The van der Waals surface area contributed by atoms with E-state index in [1.807, 2.05) is 6.92 Å². The van der Waals surface area contributed by atoms with Gasteiger partial charge in [-0.25, -0.2) is 14.8 Å². The van der Waals surface area contributed by atoms with Crippen LogP contribution in [0.4, 0.5) is 5.82 Å². The van der Waals surface area contributed by atoms with Gasteiger partial charge in [-0.15, -0.1) is 22.7 Å². The van der Waals surface area contributed by atoms with Gasteiger partial charge in [0.05, 0.1) is 18.0 Å². The minimum absolute atomic E-state index is 0.239. The molecule has 1 N–H and O–H groups in total. The van der Waals surface area contributed by atoms with Crippen molar-refractivity contribution in [2.24, 2.45) is 0 Å². The van der Waals surface area contributed by atoms with Crippen LogP contribution in [0.25, 0.3) is 10.2 Å². The van der Waals surface area contributed by atoms with Crippen molar-refractivity contribution in [3.05, 3.63) is 39.2 Å². The Morgan fingerprint density at radius 3 is 2.85 bits per heavy atom. The summed E-state index contributed by atoms with van der Waals surface area (Å²) in [6.45, 7) is 4.79. The number of anilines is 1. The van der Waals surface area contributed by atoms with Crippen LogP contribution in [0.2, 0.25) is 0 Å². The summed E-state index contributed by atoms with van der Waals surface area (Å²) in [6.07, 6.45) is 1.53. The zero-order chi connectivity index (χ0) is 18.7. The van der Waals surface area contributed by atoms with Crippen molar-refractivity contribution in [1.82, 2.24) is 14.9 Å². The van der Waals surface area contributed by atoms with Crippen molar-refractivity contribution in [2.45, 2.75) is 19.9 Å². The van der Waals surface area contributed by atoms with E-state index in [-0.39, 0.29) is 12.0 Å². The average Bonchev–Trinajstić information content (AvgIpc) is 3.24. The molecule has 8 heteroatoms. The molecule has 0 aliphatic rings. The van der Waals surface area contributed by atoms with E-state index in [1.54, 1.807) is 18.3 Å². The number of rotatable bonds is 7. The van der Waals surface area contributed by atoms with Crippen LogP contribution in [-0.2, 0) is 4.74 Å². The van der Waals surface area contributed by atoms with Crippen LogP contribution in [0.15, 0.2) is 23.8 Å². The number of likely N-dealkylation sites (N-methyl/N-ethyl adjacent to an activating group) is 1. The third-order valence-electron chi connectivity index (χ3n) is 4.15. The van der Waals surface area contributed by atoms with Crippen molar-refractivity contribution in [1.29, 1.82) is 0 Å². The Hall–Kier alpha value is -2.03. The Kier molecular flexibility index (Phi) is 5.85. The number of carbonyl (C=O) groups is 1. The summed E-state index contributed by atoms with van der Waals surface area (Å²) in [5, 5.41) is 6.43. The highest BCUT2D eigenvalue weighted by molar-refractivity contribution is 7.20. The second-order valence-electron chi connectivity index (χ2n) is 6.05. The molecule has 0 radical (unpaired) electrons. The highest BCUT2D eigenvalue weighted by Crippen LogP contribution is 2.34. The van der Waals surface area contributed by atoms with E-state index < -0.39 is 0 Å². The molecule has 0 saturated carbocycles. The minimum atomic E-state index is -0.302. The summed E-state index contributed by atoms with van der Waals surface area (Å²) < 4.78 is 5.15. The van der Waals surface area contributed by atoms with Gasteiger partial charge in [0.2, 0.25) is 0 Å². The number of esters is 1. The number of fused-ring (bicyclic) bond motifs is 1. The van der Waals surface area contributed by atoms with Gasteiger partial charge < -0.3 is 15.0 Å². The second-order valence-corrected chi connectivity index (χ2v) is 8.03. The van der Waals surface area contributed by atoms with Gasteiger partial charge in [0, 0.05) is 11.4 Å². The molecule has 0 spiro atoms. The molecule has 0 saturated heterocycles. The minimum Gasteiger partial charge on any atom is -0.462 e. The molecule has 0 bridgehead atoms. The van der Waals surface area contributed by atoms with Gasteiger partial charge >= 0.3 is 5.97 Å². The van der Waals surface area contributed by atoms with Crippen molar-refractivity contribution >= 4 is 44.7 Å². The summed E-state index contributed by atoms with van der Waals surface area (Å²) in [7, 11) is 4.13. The summed E-state index contributed by atoms with van der Waals surface area (Å²) in [6, 6.07) is 4.44. The maximum Gasteiger partial charge on any atom is 0.348 e. The average molecular weight is 391 g/mol. The third kappa shape index (κ3) is 3.72. The smallest absolute Gasteiger partial charge is 0.348 e. The third-order valence-corrected chi connectivity index (χ3v) is 6.30. The number of ether oxygens (including phenoxy) is 1. The molecule has 3 heterocycles. The molecule has 3 rings (SSSR count). The van der Waals surface area contributed by atoms with Gasteiger partial charge in [-0.3, -0.25) is 0 Å². The van der Waals surface area contributed by atoms with Crippen LogP contribution in [0.1, 0.15) is 33.1 Å². The number of aromatic nitrogens is 2. The van der Waals surface area contributed by atoms with Crippen LogP contribution in [-0.4, -0.2) is 48.1 Å². The Bertz CT molecular complexity index is 890. The second kappa shape index (κ2) is 8.11. The number of hydrogen-bond acceptors (Lipinski definition) is 8. The maximum absolute atomic E-state index is 12.2. The van der Waals surface area contributed by atoms with Gasteiger partial charge in [-0.1, -0.05) is 6.07 Å². The lowest BCUT2D eigenvalue weighted by Crippen LogP contribution is -2.26. The monoisotopic (exact) mass is 390 g/mol. The lowest BCUT2D eigenvalue weighted by atomic mass is 10.2. The highest BCUT2D eigenvalue weighted by Gasteiger charge is 2.21. The number of aryl methyl sites for hydroxylation is 1. The van der Waals surface area contributed by atoms with Gasteiger partial charge in [0.25, 0.3) is 0 Å². The Labute approximate surface area is 160 Å². The van der Waals surface area contributed by atoms with Crippen LogP contribution >= 0.6 is 22.7 Å². The molecule has 3 aromatic rings. The zero-order valence-corrected chi connectivity index (χ0v) is 16.9. The van der Waals surface area contributed by atoms with E-state index in [0.29, 0.717) is 18.0 Å². The first-order valence-electron chi connectivity index (χ1n) is 8.37. The topological polar surface area (TPSA) is 67.3 Å². The first-order chi connectivity index (χ1) is 12.5. The highest BCUT2D eigenvalue weighted by atomic mass is 32.1. The van der Waals surface area contributed by atoms with E-state index in [1.165, 1.54) is 22.5 Å². The molecule has 138 valence electrons. The largest absolute Gasteiger partial charge is 0.462 e. The molecular weight excluding hydrogens is 368 g/mol. The summed E-state index contributed by atoms with van der Waals surface area (Å²) in [5.74, 6) is 0.450. The van der Waals surface area contributed by atoms with E-state index in [0.717, 1.165) is 21.6 Å². The molecule has 0 fully saturated rings. The van der Waals surface area contributed by atoms with Gasteiger partial charge in [0.1, 0.15) is 21.9 Å². The Balaban J connectivity index is 1.89. The molecule has 0 aromatic carbocycles. The predicted octanol–water partition coefficient (Wildman–Crippen LogP) is 3.95. The van der Waals surface area contributed by atoms with Crippen molar-refractivity contribution in [2.75, 3.05) is 32.6 Å².